The van der Waals surface area contributed by atoms with E-state index in [9.17, 15) is 59.3 Å². The Hall–Kier alpha value is 2.60. The minimum atomic E-state index is -5.64. The van der Waals surface area contributed by atoms with E-state index in [0.717, 1.165) is 0 Å². The maximum Gasteiger partial charge on any atom is 1.00 e. The van der Waals surface area contributed by atoms with Crippen LogP contribution < -0.4 is 94.4 Å². The maximum absolute atomic E-state index is 11.2. The Morgan fingerprint density at radius 2 is 1.16 bits per heavy atom. The molecule has 2 fully saturated rings. The van der Waals surface area contributed by atoms with Gasteiger partial charge in [0.05, 0.1) is 19.8 Å². The standard InChI is InChI=1S/C17H33NO20S4.3Na/c18-2-5-39-4-1-3-32-16-12(21)14(10(19)8(35-16)6-33-40(23,24)25)37-17-13(22)15(38-42(29,30)31)11(20)9(36-17)7-34-41(26,27)28;;;/h8-17,19-22H,1-7,18H2,(H,23,24,25)(H,26,27,28)(H,29,30,31);;;/q;3*+1/p-3/t8-,9-,10+,11+,12-,13-,14+,15+,16-,17-;;;/m1.../s1. The van der Waals surface area contributed by atoms with Gasteiger partial charge in [0.25, 0.3) is 0 Å². The van der Waals surface area contributed by atoms with Crippen LogP contribution in [0.5, 0.6) is 0 Å². The monoisotopic (exact) mass is 765 g/mol. The Morgan fingerprint density at radius 1 is 0.689 bits per heavy atom. The van der Waals surface area contributed by atoms with Crippen LogP contribution in [0.1, 0.15) is 6.42 Å². The van der Waals surface area contributed by atoms with E-state index >= 15 is 0 Å². The van der Waals surface area contributed by atoms with Crippen molar-refractivity contribution in [2.45, 2.75) is 67.8 Å². The van der Waals surface area contributed by atoms with Gasteiger partial charge in [-0.1, -0.05) is 0 Å². The molecule has 2 rings (SSSR count). The molecule has 2 saturated heterocycles. The van der Waals surface area contributed by atoms with Gasteiger partial charge in [0.2, 0.25) is 31.2 Å². The second-order valence-corrected chi connectivity index (χ2v) is 13.0. The minimum Gasteiger partial charge on any atom is -0.726 e. The number of thioether (sulfide) groups is 1. The van der Waals surface area contributed by atoms with E-state index in [-0.39, 0.29) is 95.3 Å². The summed E-state index contributed by atoms with van der Waals surface area (Å²) in [4.78, 5) is 0. The first-order chi connectivity index (χ1) is 19.3. The summed E-state index contributed by atoms with van der Waals surface area (Å²) in [6.45, 7) is -2.06. The van der Waals surface area contributed by atoms with Gasteiger partial charge in [0, 0.05) is 12.3 Å². The van der Waals surface area contributed by atoms with Crippen molar-refractivity contribution in [2.24, 2.45) is 5.73 Å². The summed E-state index contributed by atoms with van der Waals surface area (Å²) in [6.07, 6.45) is -20.5. The molecule has 21 nitrogen and oxygen atoms in total. The zero-order valence-corrected chi connectivity index (χ0v) is 33.5. The zero-order valence-electron chi connectivity index (χ0n) is 24.3. The van der Waals surface area contributed by atoms with Crippen LogP contribution in [0.2, 0.25) is 0 Å². The summed E-state index contributed by atoms with van der Waals surface area (Å²) < 4.78 is 132. The van der Waals surface area contributed by atoms with Gasteiger partial charge in [-0.25, -0.2) is 25.3 Å². The average Bonchev–Trinajstić information content (AvgIpc) is 2.85. The summed E-state index contributed by atoms with van der Waals surface area (Å²) in [5.41, 5.74) is 5.40. The summed E-state index contributed by atoms with van der Waals surface area (Å²) in [5, 5.41) is 42.4. The van der Waals surface area contributed by atoms with E-state index in [2.05, 4.69) is 12.5 Å². The van der Waals surface area contributed by atoms with Crippen LogP contribution in [-0.4, -0.2) is 159 Å². The zero-order chi connectivity index (χ0) is 31.9. The quantitative estimate of drug-likeness (QED) is 0.0397. The molecule has 2 aliphatic heterocycles. The molecule has 0 radical (unpaired) electrons. The minimum absolute atomic E-state index is 0. The molecule has 2 heterocycles. The van der Waals surface area contributed by atoms with Gasteiger partial charge in [-0.15, -0.1) is 0 Å². The molecule has 0 unspecified atom stereocenters. The number of nitrogens with two attached hydrogens (primary N) is 1. The normalized spacial score (nSPS) is 32.5. The molecule has 0 aromatic heterocycles. The van der Waals surface area contributed by atoms with Crippen LogP contribution in [0.3, 0.4) is 0 Å². The van der Waals surface area contributed by atoms with E-state index in [1.165, 1.54) is 11.8 Å². The summed E-state index contributed by atoms with van der Waals surface area (Å²) in [5.74, 6) is 1.22. The maximum atomic E-state index is 11.2. The van der Waals surface area contributed by atoms with Crippen LogP contribution in [0.4, 0.5) is 0 Å². The number of aliphatic hydroxyl groups is 4. The van der Waals surface area contributed by atoms with Crippen molar-refractivity contribution in [1.29, 1.82) is 0 Å². The third-order valence-electron chi connectivity index (χ3n) is 5.53. The number of hydrogen-bond donors (Lipinski definition) is 5. The molecule has 0 bridgehead atoms. The van der Waals surface area contributed by atoms with Crippen molar-refractivity contribution in [3.05, 3.63) is 0 Å². The average molecular weight is 766 g/mol. The number of hydrogen-bond acceptors (Lipinski definition) is 22. The van der Waals surface area contributed by atoms with Gasteiger partial charge in [-0.3, -0.25) is 12.5 Å². The molecular weight excluding hydrogens is 735 g/mol. The molecule has 0 aliphatic carbocycles. The summed E-state index contributed by atoms with van der Waals surface area (Å²) in [7, 11) is -16.3. The number of ether oxygens (including phenoxy) is 4. The Labute approximate surface area is 330 Å². The molecule has 0 aromatic carbocycles. The van der Waals surface area contributed by atoms with E-state index in [1.54, 1.807) is 0 Å². The smallest absolute Gasteiger partial charge is 0.726 e. The van der Waals surface area contributed by atoms with Crippen LogP contribution >= 0.6 is 11.8 Å². The van der Waals surface area contributed by atoms with Gasteiger partial charge in [-0.05, 0) is 12.2 Å². The first kappa shape index (κ1) is 49.7. The molecule has 250 valence electrons. The van der Waals surface area contributed by atoms with Gasteiger partial charge in [0.1, 0.15) is 48.8 Å². The van der Waals surface area contributed by atoms with Gasteiger partial charge >= 0.3 is 88.7 Å². The van der Waals surface area contributed by atoms with Crippen molar-refractivity contribution in [2.75, 3.05) is 37.9 Å². The number of rotatable bonds is 17. The van der Waals surface area contributed by atoms with E-state index < -0.39 is 106 Å². The molecule has 2 aliphatic rings. The summed E-state index contributed by atoms with van der Waals surface area (Å²) in [6, 6.07) is 0. The molecular formula is C17H30NNa3O20S4. The van der Waals surface area contributed by atoms with Crippen LogP contribution in [0, 0.1) is 0 Å². The fourth-order valence-corrected chi connectivity index (χ4v) is 5.54. The fourth-order valence-electron chi connectivity index (χ4n) is 3.74. The van der Waals surface area contributed by atoms with E-state index in [0.29, 0.717) is 24.5 Å². The van der Waals surface area contributed by atoms with Crippen LogP contribution in [0.15, 0.2) is 0 Å². The van der Waals surface area contributed by atoms with Gasteiger partial charge in [-0.2, -0.15) is 11.8 Å². The molecule has 45 heavy (non-hydrogen) atoms. The van der Waals surface area contributed by atoms with Gasteiger partial charge in [0.15, 0.2) is 12.6 Å². The molecule has 28 heteroatoms. The second kappa shape index (κ2) is 22.5. The van der Waals surface area contributed by atoms with Crippen molar-refractivity contribution >= 4 is 43.0 Å². The third-order valence-corrected chi connectivity index (χ3v) is 7.94. The Morgan fingerprint density at radius 3 is 1.62 bits per heavy atom. The molecule has 6 N–H and O–H groups in total. The van der Waals surface area contributed by atoms with Crippen molar-refractivity contribution in [3.63, 3.8) is 0 Å². The third kappa shape index (κ3) is 18.1. The SMILES string of the molecule is NCCSCCCO[C@@H]1O[C@H](COS(=O)(=O)[O-])[C@H](O)[C@H](O[C@H]2O[C@H](COS(=O)(=O)[O-])[C@H](O)[C@H](OS(=O)(=O)[O-])[C@H]2O)[C@H]1O.[Na+].[Na+].[Na+]. The predicted octanol–water partition coefficient (Wildman–Crippen LogP) is -14.8. The Kier molecular flexibility index (Phi) is 24.9. The van der Waals surface area contributed by atoms with Crippen molar-refractivity contribution in [3.8, 4) is 0 Å². The largest absolute Gasteiger partial charge is 1.00 e. The number of aliphatic hydroxyl groups excluding tert-OH is 4. The molecule has 0 saturated carbocycles. The van der Waals surface area contributed by atoms with E-state index in [1.807, 2.05) is 0 Å². The fraction of sp³-hybridized carbons (Fsp3) is 1.00. The van der Waals surface area contributed by atoms with Crippen molar-refractivity contribution < 1.29 is 180 Å². The van der Waals surface area contributed by atoms with Crippen LogP contribution in [-0.2, 0) is 62.7 Å². The van der Waals surface area contributed by atoms with Gasteiger partial charge < -0.3 is 58.8 Å². The molecule has 0 amide bonds. The molecule has 0 spiro atoms. The summed E-state index contributed by atoms with van der Waals surface area (Å²) >= 11 is 1.48. The molecule has 10 atom stereocenters. The Balaban J connectivity index is 0. The van der Waals surface area contributed by atoms with Crippen molar-refractivity contribution in [1.82, 2.24) is 0 Å². The molecule has 0 aromatic rings. The van der Waals surface area contributed by atoms with Crippen LogP contribution in [0.25, 0.3) is 0 Å². The van der Waals surface area contributed by atoms with E-state index in [4.69, 9.17) is 24.7 Å². The second-order valence-electron chi connectivity index (χ2n) is 8.63. The predicted molar refractivity (Wildman–Crippen MR) is 129 cm³/mol. The first-order valence-corrected chi connectivity index (χ1v) is 16.9. The Bertz CT molecular complexity index is 1170. The first-order valence-electron chi connectivity index (χ1n) is 11.8. The topological polar surface area (TPSA) is 343 Å².